The van der Waals surface area contributed by atoms with Crippen molar-refractivity contribution in [1.82, 2.24) is 0 Å². The molecule has 0 saturated heterocycles. The fourth-order valence-electron chi connectivity index (χ4n) is 1.90. The van der Waals surface area contributed by atoms with Gasteiger partial charge in [-0.15, -0.1) is 0 Å². The molecule has 1 nitrogen and oxygen atoms in total. The van der Waals surface area contributed by atoms with Crippen molar-refractivity contribution in [2.24, 2.45) is 0 Å². The zero-order valence-electron chi connectivity index (χ0n) is 11.9. The van der Waals surface area contributed by atoms with Crippen molar-refractivity contribution < 1.29 is 5.11 Å². The molecule has 96 valence electrons. The van der Waals surface area contributed by atoms with Crippen LogP contribution in [-0.4, -0.2) is 10.7 Å². The van der Waals surface area contributed by atoms with Gasteiger partial charge in [0.1, 0.15) is 0 Å². The lowest BCUT2D eigenvalue weighted by Gasteiger charge is -2.19. The summed E-state index contributed by atoms with van der Waals surface area (Å²) in [5.74, 6) is 0. The van der Waals surface area contributed by atoms with E-state index in [1.54, 1.807) is 0 Å². The van der Waals surface area contributed by atoms with E-state index >= 15 is 0 Å². The van der Waals surface area contributed by atoms with Crippen LogP contribution in [0.15, 0.2) is 24.3 Å². The first-order valence-corrected chi connectivity index (χ1v) is 6.50. The molecular formula is C16H26O. The molecule has 0 saturated carbocycles. The summed E-state index contributed by atoms with van der Waals surface area (Å²) in [5.41, 5.74) is 2.43. The predicted octanol–water partition coefficient (Wildman–Crippen LogP) is 4.08. The van der Waals surface area contributed by atoms with Crippen molar-refractivity contribution >= 4 is 0 Å². The standard InChI is InChI=1S/C16H26O/c1-15(2,3)14-10-8-13(9-11-14)7-6-12-16(4,5)17/h8-11,17H,6-7,12H2,1-5H3. The van der Waals surface area contributed by atoms with E-state index in [9.17, 15) is 5.11 Å². The zero-order valence-corrected chi connectivity index (χ0v) is 11.9. The highest BCUT2D eigenvalue weighted by Gasteiger charge is 2.13. The molecule has 0 bridgehead atoms. The van der Waals surface area contributed by atoms with Gasteiger partial charge in [0, 0.05) is 0 Å². The predicted molar refractivity (Wildman–Crippen MR) is 74.4 cm³/mol. The van der Waals surface area contributed by atoms with Crippen LogP contribution < -0.4 is 0 Å². The van der Waals surface area contributed by atoms with Crippen molar-refractivity contribution in [3.63, 3.8) is 0 Å². The largest absolute Gasteiger partial charge is 0.390 e. The van der Waals surface area contributed by atoms with E-state index < -0.39 is 5.60 Å². The van der Waals surface area contributed by atoms with Crippen LogP contribution in [0.5, 0.6) is 0 Å². The quantitative estimate of drug-likeness (QED) is 0.832. The first kappa shape index (κ1) is 14.2. The molecule has 0 radical (unpaired) electrons. The lowest BCUT2D eigenvalue weighted by Crippen LogP contribution is -2.18. The molecule has 0 amide bonds. The van der Waals surface area contributed by atoms with E-state index in [0.29, 0.717) is 0 Å². The third kappa shape index (κ3) is 5.36. The summed E-state index contributed by atoms with van der Waals surface area (Å²) in [5, 5.41) is 9.65. The van der Waals surface area contributed by atoms with Gasteiger partial charge in [-0.25, -0.2) is 0 Å². The van der Waals surface area contributed by atoms with Crippen LogP contribution in [0.2, 0.25) is 0 Å². The summed E-state index contributed by atoms with van der Waals surface area (Å²) < 4.78 is 0. The maximum atomic E-state index is 9.65. The zero-order chi connectivity index (χ0) is 13.1. The Labute approximate surface area is 106 Å². The van der Waals surface area contributed by atoms with Crippen molar-refractivity contribution in [1.29, 1.82) is 0 Å². The van der Waals surface area contributed by atoms with Gasteiger partial charge in [0.25, 0.3) is 0 Å². The van der Waals surface area contributed by atoms with Crippen LogP contribution >= 0.6 is 0 Å². The van der Waals surface area contributed by atoms with E-state index in [-0.39, 0.29) is 5.41 Å². The van der Waals surface area contributed by atoms with Crippen LogP contribution in [0.1, 0.15) is 58.6 Å². The second-order valence-electron chi connectivity index (χ2n) is 6.61. The smallest absolute Gasteiger partial charge is 0.0591 e. The molecule has 0 fully saturated rings. The minimum Gasteiger partial charge on any atom is -0.390 e. The van der Waals surface area contributed by atoms with E-state index in [4.69, 9.17) is 0 Å². The molecule has 1 rings (SSSR count). The second-order valence-corrected chi connectivity index (χ2v) is 6.61. The number of benzene rings is 1. The normalized spacial score (nSPS) is 12.8. The Morgan fingerprint density at radius 1 is 0.941 bits per heavy atom. The average molecular weight is 234 g/mol. The highest BCUT2D eigenvalue weighted by molar-refractivity contribution is 5.27. The summed E-state index contributed by atoms with van der Waals surface area (Å²) in [6, 6.07) is 8.87. The molecule has 1 N–H and O–H groups in total. The number of aryl methyl sites for hydroxylation is 1. The van der Waals surface area contributed by atoms with Gasteiger partial charge in [0.05, 0.1) is 5.60 Å². The number of hydrogen-bond donors (Lipinski definition) is 1. The molecule has 0 aliphatic heterocycles. The van der Waals surface area contributed by atoms with Crippen LogP contribution in [0.25, 0.3) is 0 Å². The molecular weight excluding hydrogens is 208 g/mol. The van der Waals surface area contributed by atoms with Crippen molar-refractivity contribution in [2.75, 3.05) is 0 Å². The Bertz CT molecular complexity index is 335. The Morgan fingerprint density at radius 3 is 1.88 bits per heavy atom. The Balaban J connectivity index is 2.52. The van der Waals surface area contributed by atoms with Crippen molar-refractivity contribution in [2.45, 2.75) is 64.9 Å². The summed E-state index contributed by atoms with van der Waals surface area (Å²) in [6.45, 7) is 10.4. The van der Waals surface area contributed by atoms with Crippen LogP contribution in [-0.2, 0) is 11.8 Å². The monoisotopic (exact) mass is 234 g/mol. The highest BCUT2D eigenvalue weighted by atomic mass is 16.3. The summed E-state index contributed by atoms with van der Waals surface area (Å²) >= 11 is 0. The summed E-state index contributed by atoms with van der Waals surface area (Å²) in [7, 11) is 0. The number of hydrogen-bond acceptors (Lipinski definition) is 1. The molecule has 0 aromatic heterocycles. The van der Waals surface area contributed by atoms with Gasteiger partial charge in [-0.2, -0.15) is 0 Å². The molecule has 1 aromatic rings. The number of rotatable bonds is 4. The van der Waals surface area contributed by atoms with Gasteiger partial charge >= 0.3 is 0 Å². The SMILES string of the molecule is CC(C)(O)CCCc1ccc(C(C)(C)C)cc1. The van der Waals surface area contributed by atoms with Crippen LogP contribution in [0.3, 0.4) is 0 Å². The molecule has 0 atom stereocenters. The third-order valence-electron chi connectivity index (χ3n) is 3.07. The highest BCUT2D eigenvalue weighted by Crippen LogP contribution is 2.23. The lowest BCUT2D eigenvalue weighted by atomic mass is 9.86. The van der Waals surface area contributed by atoms with E-state index in [2.05, 4.69) is 45.0 Å². The number of aliphatic hydroxyl groups is 1. The van der Waals surface area contributed by atoms with Gasteiger partial charge in [-0.1, -0.05) is 45.0 Å². The van der Waals surface area contributed by atoms with Gasteiger partial charge < -0.3 is 5.11 Å². The van der Waals surface area contributed by atoms with Crippen LogP contribution in [0, 0.1) is 0 Å². The first-order valence-electron chi connectivity index (χ1n) is 6.50. The second kappa shape index (κ2) is 5.22. The maximum absolute atomic E-state index is 9.65. The molecule has 1 aromatic carbocycles. The van der Waals surface area contributed by atoms with Gasteiger partial charge in [0.15, 0.2) is 0 Å². The fraction of sp³-hybridized carbons (Fsp3) is 0.625. The molecule has 0 heterocycles. The fourth-order valence-corrected chi connectivity index (χ4v) is 1.90. The minimum atomic E-state index is -0.536. The molecule has 0 aliphatic carbocycles. The van der Waals surface area contributed by atoms with Gasteiger partial charge in [0.2, 0.25) is 0 Å². The minimum absolute atomic E-state index is 0.228. The van der Waals surface area contributed by atoms with Crippen LogP contribution in [0.4, 0.5) is 0 Å². The average Bonchev–Trinajstić information content (AvgIpc) is 2.15. The van der Waals surface area contributed by atoms with E-state index in [1.165, 1.54) is 11.1 Å². The summed E-state index contributed by atoms with van der Waals surface area (Å²) in [4.78, 5) is 0. The Hall–Kier alpha value is -0.820. The van der Waals surface area contributed by atoms with Crippen molar-refractivity contribution in [3.8, 4) is 0 Å². The Kier molecular flexibility index (Phi) is 4.37. The lowest BCUT2D eigenvalue weighted by molar-refractivity contribution is 0.0689. The molecule has 0 aliphatic rings. The van der Waals surface area contributed by atoms with E-state index in [0.717, 1.165) is 19.3 Å². The van der Waals surface area contributed by atoms with Gasteiger partial charge in [-0.05, 0) is 49.7 Å². The molecule has 0 spiro atoms. The van der Waals surface area contributed by atoms with Gasteiger partial charge in [-0.3, -0.25) is 0 Å². The third-order valence-corrected chi connectivity index (χ3v) is 3.07. The van der Waals surface area contributed by atoms with Crippen molar-refractivity contribution in [3.05, 3.63) is 35.4 Å². The van der Waals surface area contributed by atoms with E-state index in [1.807, 2.05) is 13.8 Å². The molecule has 17 heavy (non-hydrogen) atoms. The maximum Gasteiger partial charge on any atom is 0.0591 e. The Morgan fingerprint density at radius 2 is 1.47 bits per heavy atom. The first-order chi connectivity index (χ1) is 7.68. The molecule has 0 unspecified atom stereocenters. The summed E-state index contributed by atoms with van der Waals surface area (Å²) in [6.07, 6.45) is 2.95. The topological polar surface area (TPSA) is 20.2 Å². The molecule has 1 heteroatoms.